The Morgan fingerprint density at radius 3 is 1.48 bits per heavy atom. The van der Waals surface area contributed by atoms with Crippen LogP contribution >= 0.6 is 0 Å². The average molecular weight is 376 g/mol. The first kappa shape index (κ1) is 16.4. The van der Waals surface area contributed by atoms with Gasteiger partial charge in [0.2, 0.25) is 0 Å². The van der Waals surface area contributed by atoms with Gasteiger partial charge in [-0.15, -0.1) is 0 Å². The van der Waals surface area contributed by atoms with Crippen LogP contribution in [0.5, 0.6) is 11.5 Å². The maximum atomic E-state index is 12.0. The molecule has 10 nitrogen and oxygen atoms in total. The summed E-state index contributed by atoms with van der Waals surface area (Å²) >= 11 is -5.08. The number of rotatable bonds is 6. The Hall–Kier alpha value is -3.02. The molecule has 23 heavy (non-hydrogen) atoms. The van der Waals surface area contributed by atoms with Gasteiger partial charge in [0.15, 0.2) is 0 Å². The zero-order chi connectivity index (χ0) is 16.7. The molecule has 0 saturated carbocycles. The van der Waals surface area contributed by atoms with Crippen LogP contribution in [0.2, 0.25) is 0 Å². The zero-order valence-corrected chi connectivity index (χ0v) is 13.3. The summed E-state index contributed by atoms with van der Waals surface area (Å²) < 4.78 is 31.7. The third kappa shape index (κ3) is 5.03. The molecule has 0 atom stereocenters. The van der Waals surface area contributed by atoms with Gasteiger partial charge in [-0.1, -0.05) is 0 Å². The first-order valence-corrected chi connectivity index (χ1v) is 9.18. The summed E-state index contributed by atoms with van der Waals surface area (Å²) in [5.41, 5.74) is 17.3. The fraction of sp³-hybridized carbons (Fsp3) is 0. The predicted octanol–water partition coefficient (Wildman–Crippen LogP) is 3.89. The fourth-order valence-electron chi connectivity index (χ4n) is 1.54. The molecule has 0 saturated heterocycles. The van der Waals surface area contributed by atoms with Crippen LogP contribution in [0.15, 0.2) is 58.8 Å². The van der Waals surface area contributed by atoms with Crippen LogP contribution in [0.25, 0.3) is 20.9 Å². The minimum absolute atomic E-state index is 0.0950. The molecule has 2 rings (SSSR count). The van der Waals surface area contributed by atoms with Crippen molar-refractivity contribution in [2.45, 2.75) is 0 Å². The molecule has 2 aromatic carbocycles. The van der Waals surface area contributed by atoms with Gasteiger partial charge in [0.05, 0.1) is 0 Å². The van der Waals surface area contributed by atoms with E-state index in [9.17, 15) is 7.84 Å². The molecule has 0 unspecified atom stereocenters. The van der Waals surface area contributed by atoms with E-state index in [0.29, 0.717) is 11.4 Å². The quantitative estimate of drug-likeness (QED) is 0.351. The Kier molecular flexibility index (Phi) is 5.19. The van der Waals surface area contributed by atoms with Crippen LogP contribution < -0.4 is 7.45 Å². The summed E-state index contributed by atoms with van der Waals surface area (Å²) in [4.78, 5) is 5.23. The fourth-order valence-corrected chi connectivity index (χ4v) is 3.24. The SMILES string of the molecule is [N-]=[N+]=Nc1ccc(O[As](=O)(O)Oc2ccc(N=[N+]=[N-])cc2)cc1. The van der Waals surface area contributed by atoms with E-state index in [4.69, 9.17) is 18.5 Å². The summed E-state index contributed by atoms with van der Waals surface area (Å²) in [5.74, 6) is 0.190. The van der Waals surface area contributed by atoms with Crippen molar-refractivity contribution in [2.24, 2.45) is 10.2 Å². The molecule has 1 N–H and O–H groups in total. The molecule has 0 fully saturated rings. The van der Waals surface area contributed by atoms with Crippen LogP contribution in [0, 0.1) is 0 Å². The van der Waals surface area contributed by atoms with Gasteiger partial charge in [-0.05, 0) is 0 Å². The molecule has 0 bridgehead atoms. The molecule has 0 radical (unpaired) electrons. The van der Waals surface area contributed by atoms with Crippen molar-refractivity contribution in [3.05, 3.63) is 69.4 Å². The second-order valence-corrected chi connectivity index (χ2v) is 6.75. The molecule has 0 aromatic heterocycles. The topological polar surface area (TPSA) is 153 Å². The van der Waals surface area contributed by atoms with Gasteiger partial charge in [0.25, 0.3) is 0 Å². The summed E-state index contributed by atoms with van der Waals surface area (Å²) in [6, 6.07) is 11.2. The third-order valence-electron chi connectivity index (χ3n) is 2.44. The molecule has 0 aliphatic carbocycles. The van der Waals surface area contributed by atoms with E-state index in [2.05, 4.69) is 20.1 Å². The average Bonchev–Trinajstić information content (AvgIpc) is 2.51. The molecule has 2 aromatic rings. The van der Waals surface area contributed by atoms with E-state index in [1.54, 1.807) is 0 Å². The van der Waals surface area contributed by atoms with E-state index in [0.717, 1.165) is 0 Å². The number of hydrogen-bond donors (Lipinski definition) is 1. The molecule has 11 heteroatoms. The Labute approximate surface area is 132 Å². The van der Waals surface area contributed by atoms with Crippen molar-refractivity contribution in [3.8, 4) is 11.5 Å². The van der Waals surface area contributed by atoms with Gasteiger partial charge >= 0.3 is 132 Å². The maximum absolute atomic E-state index is 12.0. The van der Waals surface area contributed by atoms with Gasteiger partial charge < -0.3 is 0 Å². The standard InChI is InChI=1S/C12H9AsN6O4/c14-18-16-9-1-5-11(6-2-9)22-13(20,21)23-12-7-3-10(4-8-12)17-19-15/h1-8H,(H,20,21). The second kappa shape index (κ2) is 7.30. The molecule has 0 aliphatic rings. The molecular formula is C12H9AsN6O4. The van der Waals surface area contributed by atoms with Gasteiger partial charge in [0.1, 0.15) is 0 Å². The van der Waals surface area contributed by atoms with Gasteiger partial charge in [-0.3, -0.25) is 0 Å². The number of benzene rings is 2. The van der Waals surface area contributed by atoms with Crippen molar-refractivity contribution >= 4 is 25.9 Å². The van der Waals surface area contributed by atoms with E-state index >= 15 is 0 Å². The van der Waals surface area contributed by atoms with Crippen molar-refractivity contribution in [2.75, 3.05) is 0 Å². The van der Waals surface area contributed by atoms with Gasteiger partial charge in [-0.2, -0.15) is 0 Å². The molecule has 0 amide bonds. The van der Waals surface area contributed by atoms with Crippen molar-refractivity contribution < 1.29 is 15.3 Å². The van der Waals surface area contributed by atoms with Crippen LogP contribution in [0.1, 0.15) is 0 Å². The van der Waals surface area contributed by atoms with Crippen LogP contribution in [0.4, 0.5) is 11.4 Å². The first-order valence-electron chi connectivity index (χ1n) is 6.05. The van der Waals surface area contributed by atoms with Crippen LogP contribution in [0.3, 0.4) is 0 Å². The van der Waals surface area contributed by atoms with E-state index in [1.807, 2.05) is 0 Å². The van der Waals surface area contributed by atoms with Crippen LogP contribution in [-0.4, -0.2) is 18.6 Å². The van der Waals surface area contributed by atoms with E-state index in [1.165, 1.54) is 48.5 Å². The van der Waals surface area contributed by atoms with Crippen molar-refractivity contribution in [1.29, 1.82) is 0 Å². The second-order valence-electron chi connectivity index (χ2n) is 4.02. The Morgan fingerprint density at radius 2 is 1.17 bits per heavy atom. The summed E-state index contributed by atoms with van der Waals surface area (Å²) in [6.45, 7) is 0. The molecule has 0 aliphatic heterocycles. The van der Waals surface area contributed by atoms with Crippen molar-refractivity contribution in [3.63, 3.8) is 0 Å². The Balaban J connectivity index is 2.07. The summed E-state index contributed by atoms with van der Waals surface area (Å²) in [7, 11) is 0. The summed E-state index contributed by atoms with van der Waals surface area (Å²) in [6.07, 6.45) is 0. The Bertz CT molecular complexity index is 758. The minimum atomic E-state index is -5.08. The van der Waals surface area contributed by atoms with Crippen molar-refractivity contribution in [1.82, 2.24) is 0 Å². The van der Waals surface area contributed by atoms with Gasteiger partial charge in [0, 0.05) is 0 Å². The number of hydrogen-bond acceptors (Lipinski definition) is 5. The monoisotopic (exact) mass is 376 g/mol. The zero-order valence-electron chi connectivity index (χ0n) is 11.4. The van der Waals surface area contributed by atoms with E-state index < -0.39 is 14.5 Å². The number of azide groups is 2. The molecule has 116 valence electrons. The van der Waals surface area contributed by atoms with E-state index in [-0.39, 0.29) is 11.5 Å². The summed E-state index contributed by atoms with van der Waals surface area (Å²) in [5, 5.41) is 6.74. The normalized spacial score (nSPS) is 12.2. The van der Waals surface area contributed by atoms with Crippen LogP contribution in [-0.2, 0) is 3.74 Å². The molecular weight excluding hydrogens is 367 g/mol. The Morgan fingerprint density at radius 1 is 0.826 bits per heavy atom. The number of nitrogens with zero attached hydrogens (tertiary/aromatic N) is 6. The van der Waals surface area contributed by atoms with Gasteiger partial charge in [-0.25, -0.2) is 0 Å². The first-order chi connectivity index (χ1) is 11.0. The third-order valence-corrected chi connectivity index (χ3v) is 4.29. The predicted molar refractivity (Wildman–Crippen MR) is 80.4 cm³/mol. The molecule has 0 heterocycles. The molecule has 0 spiro atoms.